The summed E-state index contributed by atoms with van der Waals surface area (Å²) in [6.07, 6.45) is 1.27. The molecule has 3 N–H and O–H groups in total. The number of para-hydroxylation sites is 2. The van der Waals surface area contributed by atoms with Crippen molar-refractivity contribution >= 4 is 52.6 Å². The molecule has 0 spiro atoms. The lowest BCUT2D eigenvalue weighted by molar-refractivity contribution is -0.385. The highest BCUT2D eigenvalue weighted by Crippen LogP contribution is 2.37. The van der Waals surface area contributed by atoms with Crippen LogP contribution in [-0.4, -0.2) is 22.6 Å². The van der Waals surface area contributed by atoms with Crippen LogP contribution in [0.5, 0.6) is 0 Å². The number of hydrogen-bond acceptors (Lipinski definition) is 6. The summed E-state index contributed by atoms with van der Waals surface area (Å²) in [5.41, 5.74) is 3.01. The Morgan fingerprint density at radius 2 is 1.36 bits per heavy atom. The SMILES string of the molecule is Cc1ccccc1NC(=O)C(Sc1ccc(NC(=O)/C(=C/c2ccccc2[N+](=O)[O-])NC(=O)c2ccccc2)cc1)c1ccccc1. The van der Waals surface area contributed by atoms with Crippen LogP contribution in [0.15, 0.2) is 144 Å². The van der Waals surface area contributed by atoms with Crippen molar-refractivity contribution in [2.45, 2.75) is 17.1 Å². The van der Waals surface area contributed by atoms with E-state index < -0.39 is 22.0 Å². The van der Waals surface area contributed by atoms with E-state index in [1.165, 1.54) is 36.0 Å². The number of hydrogen-bond donors (Lipinski definition) is 3. The average Bonchev–Trinajstić information content (AvgIpc) is 3.09. The fraction of sp³-hybridized carbons (Fsp3) is 0.0541. The summed E-state index contributed by atoms with van der Waals surface area (Å²) in [5.74, 6) is -1.40. The fourth-order valence-electron chi connectivity index (χ4n) is 4.64. The van der Waals surface area contributed by atoms with Gasteiger partial charge in [-0.05, 0) is 72.7 Å². The van der Waals surface area contributed by atoms with E-state index in [2.05, 4.69) is 16.0 Å². The Labute approximate surface area is 275 Å². The number of anilines is 2. The zero-order valence-electron chi connectivity index (χ0n) is 25.3. The second-order valence-corrected chi connectivity index (χ2v) is 11.6. The van der Waals surface area contributed by atoms with Gasteiger partial charge in [-0.2, -0.15) is 0 Å². The van der Waals surface area contributed by atoms with Gasteiger partial charge in [-0.15, -0.1) is 11.8 Å². The third-order valence-corrected chi connectivity index (χ3v) is 8.34. The van der Waals surface area contributed by atoms with E-state index in [0.29, 0.717) is 11.3 Å². The van der Waals surface area contributed by atoms with Crippen molar-refractivity contribution in [2.24, 2.45) is 0 Å². The van der Waals surface area contributed by atoms with E-state index >= 15 is 0 Å². The standard InChI is InChI=1S/C37H30N4O5S/c1-25-12-8-10-18-31(25)39-37(44)34(26-13-4-2-5-14-26)47-30-22-20-29(21-23-30)38-36(43)32(40-35(42)27-15-6-3-7-16-27)24-28-17-9-11-19-33(28)41(45)46/h2-24,34H,1H3,(H,38,43)(H,39,44)(H,40,42)/b32-24-. The van der Waals surface area contributed by atoms with Crippen LogP contribution in [0.25, 0.3) is 6.08 Å². The third-order valence-electron chi connectivity index (χ3n) is 7.07. The van der Waals surface area contributed by atoms with Gasteiger partial charge in [-0.1, -0.05) is 78.9 Å². The number of benzene rings is 5. The van der Waals surface area contributed by atoms with Crippen molar-refractivity contribution in [1.82, 2.24) is 5.32 Å². The van der Waals surface area contributed by atoms with E-state index in [1.807, 2.05) is 61.5 Å². The zero-order valence-corrected chi connectivity index (χ0v) is 26.1. The fourth-order valence-corrected chi connectivity index (χ4v) is 5.66. The van der Waals surface area contributed by atoms with Gasteiger partial charge in [0.15, 0.2) is 0 Å². The molecule has 234 valence electrons. The van der Waals surface area contributed by atoms with E-state index in [1.54, 1.807) is 60.7 Å². The number of nitrogens with one attached hydrogen (secondary N) is 3. The molecule has 47 heavy (non-hydrogen) atoms. The van der Waals surface area contributed by atoms with Gasteiger partial charge >= 0.3 is 0 Å². The number of thioether (sulfide) groups is 1. The lowest BCUT2D eigenvalue weighted by Gasteiger charge is -2.18. The van der Waals surface area contributed by atoms with Crippen LogP contribution in [0.4, 0.5) is 17.1 Å². The van der Waals surface area contributed by atoms with E-state index in [0.717, 1.165) is 21.7 Å². The molecule has 1 atom stereocenters. The van der Waals surface area contributed by atoms with Crippen LogP contribution in [0.3, 0.4) is 0 Å². The Morgan fingerprint density at radius 1 is 0.745 bits per heavy atom. The summed E-state index contributed by atoms with van der Waals surface area (Å²) in [7, 11) is 0. The van der Waals surface area contributed by atoms with Crippen molar-refractivity contribution in [3.63, 3.8) is 0 Å². The van der Waals surface area contributed by atoms with Crippen LogP contribution in [0, 0.1) is 17.0 Å². The van der Waals surface area contributed by atoms with Gasteiger partial charge in [0.25, 0.3) is 17.5 Å². The largest absolute Gasteiger partial charge is 0.325 e. The monoisotopic (exact) mass is 642 g/mol. The number of aryl methyl sites for hydroxylation is 1. The Kier molecular flexibility index (Phi) is 10.6. The first-order valence-electron chi connectivity index (χ1n) is 14.6. The Balaban J connectivity index is 1.36. The van der Waals surface area contributed by atoms with Crippen molar-refractivity contribution < 1.29 is 19.3 Å². The van der Waals surface area contributed by atoms with Crippen molar-refractivity contribution in [1.29, 1.82) is 0 Å². The molecule has 5 aromatic rings. The van der Waals surface area contributed by atoms with E-state index in [4.69, 9.17) is 0 Å². The molecule has 0 fully saturated rings. The minimum absolute atomic E-state index is 0.152. The molecule has 3 amide bonds. The number of nitrogens with zero attached hydrogens (tertiary/aromatic N) is 1. The number of amides is 3. The van der Waals surface area contributed by atoms with Gasteiger partial charge in [0, 0.05) is 27.9 Å². The van der Waals surface area contributed by atoms with Crippen LogP contribution >= 0.6 is 11.8 Å². The molecule has 1 unspecified atom stereocenters. The maximum atomic E-state index is 13.5. The highest BCUT2D eigenvalue weighted by molar-refractivity contribution is 8.00. The molecule has 5 rings (SSSR count). The molecular formula is C37H30N4O5S. The van der Waals surface area contributed by atoms with Crippen LogP contribution in [0.1, 0.15) is 32.3 Å². The smallest absolute Gasteiger partial charge is 0.276 e. The number of rotatable bonds is 11. The molecule has 0 heterocycles. The van der Waals surface area contributed by atoms with Crippen molar-refractivity contribution in [3.8, 4) is 0 Å². The number of carbonyl (C=O) groups excluding carboxylic acids is 3. The van der Waals surface area contributed by atoms with Gasteiger partial charge < -0.3 is 16.0 Å². The molecule has 0 bridgehead atoms. The summed E-state index contributed by atoms with van der Waals surface area (Å²) in [5, 5.41) is 19.5. The topological polar surface area (TPSA) is 130 Å². The molecule has 0 radical (unpaired) electrons. The van der Waals surface area contributed by atoms with Crippen LogP contribution in [0.2, 0.25) is 0 Å². The first-order valence-corrected chi connectivity index (χ1v) is 15.5. The van der Waals surface area contributed by atoms with E-state index in [-0.39, 0.29) is 22.9 Å². The molecular weight excluding hydrogens is 612 g/mol. The molecule has 5 aromatic carbocycles. The maximum absolute atomic E-state index is 13.5. The lowest BCUT2D eigenvalue weighted by atomic mass is 10.1. The summed E-state index contributed by atoms with van der Waals surface area (Å²) in [6.45, 7) is 1.93. The first kappa shape index (κ1) is 32.4. The van der Waals surface area contributed by atoms with Crippen molar-refractivity contribution in [2.75, 3.05) is 10.6 Å². The highest BCUT2D eigenvalue weighted by atomic mass is 32.2. The maximum Gasteiger partial charge on any atom is 0.276 e. The summed E-state index contributed by atoms with van der Waals surface area (Å²) in [4.78, 5) is 51.8. The van der Waals surface area contributed by atoms with Gasteiger partial charge in [-0.3, -0.25) is 24.5 Å². The second kappa shape index (κ2) is 15.3. The summed E-state index contributed by atoms with van der Waals surface area (Å²) < 4.78 is 0. The van der Waals surface area contributed by atoms with Crippen molar-refractivity contribution in [3.05, 3.63) is 172 Å². The number of carbonyl (C=O) groups is 3. The minimum atomic E-state index is -0.674. The van der Waals surface area contributed by atoms with Crippen LogP contribution in [-0.2, 0) is 9.59 Å². The Bertz CT molecular complexity index is 1930. The predicted molar refractivity (Wildman–Crippen MR) is 185 cm³/mol. The highest BCUT2D eigenvalue weighted by Gasteiger charge is 2.23. The molecule has 0 saturated heterocycles. The quantitative estimate of drug-likeness (QED) is 0.0584. The summed E-state index contributed by atoms with van der Waals surface area (Å²) >= 11 is 1.36. The normalized spacial score (nSPS) is 11.6. The second-order valence-electron chi connectivity index (χ2n) is 10.4. The molecule has 0 aromatic heterocycles. The molecule has 0 aliphatic carbocycles. The van der Waals surface area contributed by atoms with E-state index in [9.17, 15) is 24.5 Å². The van der Waals surface area contributed by atoms with Gasteiger partial charge in [-0.25, -0.2) is 0 Å². The first-order chi connectivity index (χ1) is 22.8. The number of nitro groups is 1. The van der Waals surface area contributed by atoms with Gasteiger partial charge in [0.2, 0.25) is 5.91 Å². The summed E-state index contributed by atoms with van der Waals surface area (Å²) in [6, 6.07) is 38.2. The molecule has 10 heteroatoms. The average molecular weight is 643 g/mol. The minimum Gasteiger partial charge on any atom is -0.325 e. The molecule has 0 aliphatic rings. The third kappa shape index (κ3) is 8.59. The van der Waals surface area contributed by atoms with Gasteiger partial charge in [0.05, 0.1) is 10.5 Å². The molecule has 9 nitrogen and oxygen atoms in total. The lowest BCUT2D eigenvalue weighted by Crippen LogP contribution is -2.30. The molecule has 0 saturated carbocycles. The molecule has 0 aliphatic heterocycles. The number of nitro benzene ring substituents is 1. The Morgan fingerprint density at radius 3 is 2.04 bits per heavy atom. The van der Waals surface area contributed by atoms with Gasteiger partial charge in [0.1, 0.15) is 10.9 Å². The van der Waals surface area contributed by atoms with Crippen LogP contribution < -0.4 is 16.0 Å². The Hall–Kier alpha value is -6.00. The predicted octanol–water partition coefficient (Wildman–Crippen LogP) is 7.78. The zero-order chi connectivity index (χ0) is 33.2.